The van der Waals surface area contributed by atoms with Gasteiger partial charge >= 0.3 is 0 Å². The Morgan fingerprint density at radius 3 is 2.94 bits per heavy atom. The fourth-order valence-corrected chi connectivity index (χ4v) is 2.46. The summed E-state index contributed by atoms with van der Waals surface area (Å²) in [5, 5.41) is 7.82. The van der Waals surface area contributed by atoms with Crippen LogP contribution in [0.5, 0.6) is 0 Å². The highest BCUT2D eigenvalue weighted by Gasteiger charge is 2.20. The molecule has 1 aliphatic heterocycles. The van der Waals surface area contributed by atoms with Crippen LogP contribution in [0.4, 0.5) is 0 Å². The van der Waals surface area contributed by atoms with Crippen LogP contribution >= 0.6 is 0 Å². The number of aromatic nitrogens is 2. The quantitative estimate of drug-likeness (QED) is 0.809. The number of hydrogen-bond donors (Lipinski definition) is 1. The Hall–Kier alpha value is -0.870. The molecule has 1 aliphatic rings. The smallest absolute Gasteiger partial charge is 0.0534 e. The SMILES string of the molecule is CCN1CCC(CNCc2cnn(CC)c2)C1. The highest BCUT2D eigenvalue weighted by molar-refractivity contribution is 5.03. The lowest BCUT2D eigenvalue weighted by Crippen LogP contribution is -2.26. The minimum Gasteiger partial charge on any atom is -0.312 e. The lowest BCUT2D eigenvalue weighted by Gasteiger charge is -2.13. The highest BCUT2D eigenvalue weighted by Crippen LogP contribution is 2.14. The van der Waals surface area contributed by atoms with Gasteiger partial charge in [-0.3, -0.25) is 4.68 Å². The fourth-order valence-electron chi connectivity index (χ4n) is 2.46. The zero-order valence-electron chi connectivity index (χ0n) is 11.0. The van der Waals surface area contributed by atoms with E-state index in [0.717, 1.165) is 25.6 Å². The van der Waals surface area contributed by atoms with E-state index in [9.17, 15) is 0 Å². The van der Waals surface area contributed by atoms with E-state index in [0.29, 0.717) is 0 Å². The molecule has 0 amide bonds. The van der Waals surface area contributed by atoms with Gasteiger partial charge in [-0.25, -0.2) is 0 Å². The molecular formula is C13H24N4. The van der Waals surface area contributed by atoms with Gasteiger partial charge in [0.05, 0.1) is 6.20 Å². The van der Waals surface area contributed by atoms with Gasteiger partial charge in [-0.1, -0.05) is 6.92 Å². The maximum Gasteiger partial charge on any atom is 0.0534 e. The van der Waals surface area contributed by atoms with Crippen LogP contribution in [0.1, 0.15) is 25.8 Å². The van der Waals surface area contributed by atoms with Crippen molar-refractivity contribution in [1.82, 2.24) is 20.0 Å². The Labute approximate surface area is 104 Å². The number of nitrogens with zero attached hydrogens (tertiary/aromatic N) is 3. The molecule has 0 radical (unpaired) electrons. The van der Waals surface area contributed by atoms with Crippen molar-refractivity contribution in [2.24, 2.45) is 5.92 Å². The second-order valence-corrected chi connectivity index (χ2v) is 4.88. The average molecular weight is 236 g/mol. The Morgan fingerprint density at radius 1 is 1.41 bits per heavy atom. The summed E-state index contributed by atoms with van der Waals surface area (Å²) < 4.78 is 1.98. The van der Waals surface area contributed by atoms with Gasteiger partial charge in [-0.15, -0.1) is 0 Å². The van der Waals surface area contributed by atoms with Gasteiger partial charge in [0, 0.05) is 31.4 Å². The summed E-state index contributed by atoms with van der Waals surface area (Å²) in [7, 11) is 0. The van der Waals surface area contributed by atoms with E-state index < -0.39 is 0 Å². The molecule has 17 heavy (non-hydrogen) atoms. The lowest BCUT2D eigenvalue weighted by atomic mass is 10.1. The summed E-state index contributed by atoms with van der Waals surface area (Å²) in [6, 6.07) is 0. The number of nitrogens with one attached hydrogen (secondary N) is 1. The maximum absolute atomic E-state index is 4.28. The third-order valence-corrected chi connectivity index (χ3v) is 3.59. The van der Waals surface area contributed by atoms with Crippen LogP contribution in [-0.4, -0.2) is 40.9 Å². The summed E-state index contributed by atoms with van der Waals surface area (Å²) in [6.07, 6.45) is 5.43. The van der Waals surface area contributed by atoms with Crippen molar-refractivity contribution in [2.45, 2.75) is 33.4 Å². The van der Waals surface area contributed by atoms with Crippen LogP contribution in [0.15, 0.2) is 12.4 Å². The van der Waals surface area contributed by atoms with E-state index in [1.165, 1.54) is 31.6 Å². The Morgan fingerprint density at radius 2 is 2.29 bits per heavy atom. The molecule has 1 aromatic heterocycles. The van der Waals surface area contributed by atoms with E-state index in [1.807, 2.05) is 10.9 Å². The first-order chi connectivity index (χ1) is 8.31. The molecule has 96 valence electrons. The van der Waals surface area contributed by atoms with Crippen molar-refractivity contribution in [2.75, 3.05) is 26.2 Å². The predicted octanol–water partition coefficient (Wildman–Crippen LogP) is 1.33. The normalized spacial score (nSPS) is 21.2. The second kappa shape index (κ2) is 6.17. The van der Waals surface area contributed by atoms with E-state index in [-0.39, 0.29) is 0 Å². The van der Waals surface area contributed by atoms with Crippen molar-refractivity contribution in [3.8, 4) is 0 Å². The number of likely N-dealkylation sites (tertiary alicyclic amines) is 1. The van der Waals surface area contributed by atoms with Crippen LogP contribution in [-0.2, 0) is 13.1 Å². The predicted molar refractivity (Wildman–Crippen MR) is 69.8 cm³/mol. The molecule has 1 saturated heterocycles. The number of rotatable bonds is 6. The summed E-state index contributed by atoms with van der Waals surface area (Å²) in [5.41, 5.74) is 1.29. The topological polar surface area (TPSA) is 33.1 Å². The van der Waals surface area contributed by atoms with Gasteiger partial charge in [0.25, 0.3) is 0 Å². The molecule has 0 bridgehead atoms. The molecule has 0 aromatic carbocycles. The van der Waals surface area contributed by atoms with Crippen LogP contribution in [0.3, 0.4) is 0 Å². The monoisotopic (exact) mass is 236 g/mol. The van der Waals surface area contributed by atoms with Crippen LogP contribution < -0.4 is 5.32 Å². The van der Waals surface area contributed by atoms with Gasteiger partial charge < -0.3 is 10.2 Å². The van der Waals surface area contributed by atoms with Gasteiger partial charge in [0.15, 0.2) is 0 Å². The lowest BCUT2D eigenvalue weighted by molar-refractivity contribution is 0.339. The van der Waals surface area contributed by atoms with E-state index in [4.69, 9.17) is 0 Å². The zero-order chi connectivity index (χ0) is 12.1. The molecular weight excluding hydrogens is 212 g/mol. The summed E-state index contributed by atoms with van der Waals surface area (Å²) in [6.45, 7) is 11.1. The van der Waals surface area contributed by atoms with Crippen LogP contribution in [0.25, 0.3) is 0 Å². The van der Waals surface area contributed by atoms with Gasteiger partial charge in [-0.05, 0) is 38.9 Å². The van der Waals surface area contributed by atoms with E-state index in [2.05, 4.69) is 35.4 Å². The Balaban J connectivity index is 1.66. The van der Waals surface area contributed by atoms with Gasteiger partial charge in [-0.2, -0.15) is 5.10 Å². The van der Waals surface area contributed by atoms with Crippen molar-refractivity contribution < 1.29 is 0 Å². The van der Waals surface area contributed by atoms with Crippen molar-refractivity contribution in [3.63, 3.8) is 0 Å². The number of hydrogen-bond acceptors (Lipinski definition) is 3. The molecule has 4 nitrogen and oxygen atoms in total. The zero-order valence-corrected chi connectivity index (χ0v) is 11.0. The molecule has 1 N–H and O–H groups in total. The van der Waals surface area contributed by atoms with Crippen molar-refractivity contribution >= 4 is 0 Å². The molecule has 0 aliphatic carbocycles. The molecule has 1 aromatic rings. The molecule has 1 atom stereocenters. The molecule has 0 spiro atoms. The van der Waals surface area contributed by atoms with Crippen molar-refractivity contribution in [3.05, 3.63) is 18.0 Å². The van der Waals surface area contributed by atoms with Gasteiger partial charge in [0.2, 0.25) is 0 Å². The Kier molecular flexibility index (Phi) is 4.57. The maximum atomic E-state index is 4.28. The first-order valence-corrected chi connectivity index (χ1v) is 6.76. The minimum atomic E-state index is 0.830. The molecule has 4 heteroatoms. The fraction of sp³-hybridized carbons (Fsp3) is 0.769. The largest absolute Gasteiger partial charge is 0.312 e. The summed E-state index contributed by atoms with van der Waals surface area (Å²) >= 11 is 0. The molecule has 0 saturated carbocycles. The molecule has 1 fully saturated rings. The second-order valence-electron chi connectivity index (χ2n) is 4.88. The van der Waals surface area contributed by atoms with Crippen molar-refractivity contribution in [1.29, 1.82) is 0 Å². The van der Waals surface area contributed by atoms with Crippen LogP contribution in [0, 0.1) is 5.92 Å². The summed E-state index contributed by atoms with van der Waals surface area (Å²) in [5.74, 6) is 0.830. The standard InChI is InChI=1S/C13H24N4/c1-3-16-6-5-12(10-16)7-14-8-13-9-15-17(4-2)11-13/h9,11-12,14H,3-8,10H2,1-2H3. The van der Waals surface area contributed by atoms with E-state index in [1.54, 1.807) is 0 Å². The summed E-state index contributed by atoms with van der Waals surface area (Å²) in [4.78, 5) is 2.53. The van der Waals surface area contributed by atoms with E-state index >= 15 is 0 Å². The Bertz CT molecular complexity index is 334. The molecule has 2 heterocycles. The highest BCUT2D eigenvalue weighted by atomic mass is 15.3. The minimum absolute atomic E-state index is 0.830. The first-order valence-electron chi connectivity index (χ1n) is 6.76. The average Bonchev–Trinajstić information content (AvgIpc) is 2.97. The first kappa shape index (κ1) is 12.6. The van der Waals surface area contributed by atoms with Gasteiger partial charge in [0.1, 0.15) is 0 Å². The van der Waals surface area contributed by atoms with Crippen LogP contribution in [0.2, 0.25) is 0 Å². The molecule has 1 unspecified atom stereocenters. The third kappa shape index (κ3) is 3.54. The molecule has 2 rings (SSSR count). The third-order valence-electron chi connectivity index (χ3n) is 3.59. The number of aryl methyl sites for hydroxylation is 1.